The standard InChI is InChI=1S/C18H19NO4/c1-12(2)14-9-6-10-15(16(14)17(20)21)19-18(22)23-11-13-7-4-3-5-8-13/h3-10,12H,11H2,1-2H3,(H,19,22)(H,20,21). The number of ether oxygens (including phenoxy) is 1. The number of aromatic carboxylic acids is 1. The molecular formula is C18H19NO4. The first-order valence-corrected chi connectivity index (χ1v) is 7.33. The van der Waals surface area contributed by atoms with E-state index in [9.17, 15) is 14.7 Å². The summed E-state index contributed by atoms with van der Waals surface area (Å²) >= 11 is 0. The van der Waals surface area contributed by atoms with Crippen LogP contribution in [0.2, 0.25) is 0 Å². The van der Waals surface area contributed by atoms with Crippen LogP contribution in [0.5, 0.6) is 0 Å². The zero-order chi connectivity index (χ0) is 16.8. The molecule has 0 radical (unpaired) electrons. The van der Waals surface area contributed by atoms with E-state index in [0.29, 0.717) is 5.56 Å². The molecule has 5 heteroatoms. The summed E-state index contributed by atoms with van der Waals surface area (Å²) in [6.45, 7) is 3.93. The first-order valence-electron chi connectivity index (χ1n) is 7.33. The van der Waals surface area contributed by atoms with Gasteiger partial charge in [0.1, 0.15) is 6.61 Å². The Hall–Kier alpha value is -2.82. The van der Waals surface area contributed by atoms with Gasteiger partial charge in [-0.15, -0.1) is 0 Å². The SMILES string of the molecule is CC(C)c1cccc(NC(=O)OCc2ccccc2)c1C(=O)O. The quantitative estimate of drug-likeness (QED) is 0.865. The Morgan fingerprint density at radius 1 is 1.09 bits per heavy atom. The average Bonchev–Trinajstić information content (AvgIpc) is 2.53. The Balaban J connectivity index is 2.11. The molecule has 0 fully saturated rings. The molecule has 2 aromatic carbocycles. The molecule has 0 aliphatic heterocycles. The third-order valence-electron chi connectivity index (χ3n) is 3.38. The molecule has 2 N–H and O–H groups in total. The summed E-state index contributed by atoms with van der Waals surface area (Å²) in [5.41, 5.74) is 1.86. The molecule has 0 bridgehead atoms. The van der Waals surface area contributed by atoms with Crippen molar-refractivity contribution < 1.29 is 19.4 Å². The number of carboxylic acid groups (broad SMARTS) is 1. The number of rotatable bonds is 5. The van der Waals surface area contributed by atoms with Crippen molar-refractivity contribution in [1.29, 1.82) is 0 Å². The average molecular weight is 313 g/mol. The zero-order valence-electron chi connectivity index (χ0n) is 13.1. The Bertz CT molecular complexity index is 695. The van der Waals surface area contributed by atoms with E-state index in [0.717, 1.165) is 5.56 Å². The number of hydrogen-bond donors (Lipinski definition) is 2. The monoisotopic (exact) mass is 313 g/mol. The Labute approximate surface area is 134 Å². The van der Waals surface area contributed by atoms with Crippen molar-refractivity contribution in [2.75, 3.05) is 5.32 Å². The largest absolute Gasteiger partial charge is 0.478 e. The van der Waals surface area contributed by atoms with Crippen molar-refractivity contribution >= 4 is 17.7 Å². The number of amides is 1. The summed E-state index contributed by atoms with van der Waals surface area (Å²) in [4.78, 5) is 23.4. The minimum absolute atomic E-state index is 0.0307. The van der Waals surface area contributed by atoms with Gasteiger partial charge in [0.15, 0.2) is 0 Å². The highest BCUT2D eigenvalue weighted by Gasteiger charge is 2.19. The Kier molecular flexibility index (Phi) is 5.36. The molecule has 0 spiro atoms. The first-order chi connectivity index (χ1) is 11.0. The van der Waals surface area contributed by atoms with Crippen LogP contribution in [0.1, 0.15) is 41.3 Å². The summed E-state index contributed by atoms with van der Waals surface area (Å²) in [6.07, 6.45) is -0.683. The van der Waals surface area contributed by atoms with Crippen LogP contribution in [-0.4, -0.2) is 17.2 Å². The van der Waals surface area contributed by atoms with E-state index in [1.54, 1.807) is 18.2 Å². The molecule has 0 atom stereocenters. The lowest BCUT2D eigenvalue weighted by Crippen LogP contribution is -2.17. The number of carbonyl (C=O) groups is 2. The molecule has 0 aliphatic rings. The minimum atomic E-state index is -1.08. The van der Waals surface area contributed by atoms with Crippen LogP contribution in [0.25, 0.3) is 0 Å². The number of anilines is 1. The second kappa shape index (κ2) is 7.45. The van der Waals surface area contributed by atoms with Gasteiger partial charge >= 0.3 is 12.1 Å². The molecule has 120 valence electrons. The molecule has 0 aliphatic carbocycles. The fourth-order valence-corrected chi connectivity index (χ4v) is 2.26. The smallest absolute Gasteiger partial charge is 0.411 e. The summed E-state index contributed by atoms with van der Waals surface area (Å²) in [6, 6.07) is 14.3. The molecule has 23 heavy (non-hydrogen) atoms. The second-order valence-electron chi connectivity index (χ2n) is 5.42. The normalized spacial score (nSPS) is 10.4. The predicted octanol–water partition coefficient (Wildman–Crippen LogP) is 4.26. The summed E-state index contributed by atoms with van der Waals surface area (Å²) in [7, 11) is 0. The van der Waals surface area contributed by atoms with Gasteiger partial charge in [-0.1, -0.05) is 56.3 Å². The van der Waals surface area contributed by atoms with Crippen molar-refractivity contribution in [3.05, 3.63) is 65.2 Å². The molecular weight excluding hydrogens is 294 g/mol. The van der Waals surface area contributed by atoms with Gasteiger partial charge in [0, 0.05) is 0 Å². The number of benzene rings is 2. The molecule has 1 amide bonds. The number of carboxylic acids is 1. The van der Waals surface area contributed by atoms with Gasteiger partial charge in [0.2, 0.25) is 0 Å². The Morgan fingerprint density at radius 3 is 2.39 bits per heavy atom. The van der Waals surface area contributed by atoms with Crippen LogP contribution in [0.4, 0.5) is 10.5 Å². The highest BCUT2D eigenvalue weighted by Crippen LogP contribution is 2.26. The van der Waals surface area contributed by atoms with Crippen LogP contribution in [-0.2, 0) is 11.3 Å². The van der Waals surface area contributed by atoms with Crippen LogP contribution >= 0.6 is 0 Å². The van der Waals surface area contributed by atoms with Crippen molar-refractivity contribution in [2.45, 2.75) is 26.4 Å². The van der Waals surface area contributed by atoms with E-state index in [4.69, 9.17) is 4.74 Å². The molecule has 0 unspecified atom stereocenters. The predicted molar refractivity (Wildman–Crippen MR) is 87.7 cm³/mol. The molecule has 0 aromatic heterocycles. The fraction of sp³-hybridized carbons (Fsp3) is 0.222. The molecule has 0 heterocycles. The lowest BCUT2D eigenvalue weighted by Gasteiger charge is -2.15. The van der Waals surface area contributed by atoms with Gasteiger partial charge in [0.05, 0.1) is 11.3 Å². The summed E-state index contributed by atoms with van der Waals surface area (Å²) in [5.74, 6) is -1.05. The van der Waals surface area contributed by atoms with Crippen molar-refractivity contribution in [1.82, 2.24) is 0 Å². The minimum Gasteiger partial charge on any atom is -0.478 e. The number of nitrogens with one attached hydrogen (secondary N) is 1. The van der Waals surface area contributed by atoms with Crippen molar-refractivity contribution in [3.8, 4) is 0 Å². The maximum Gasteiger partial charge on any atom is 0.411 e. The molecule has 5 nitrogen and oxygen atoms in total. The molecule has 2 aromatic rings. The topological polar surface area (TPSA) is 75.6 Å². The molecule has 2 rings (SSSR count). The lowest BCUT2D eigenvalue weighted by atomic mass is 9.96. The maximum absolute atomic E-state index is 11.9. The van der Waals surface area contributed by atoms with Gasteiger partial charge in [0.25, 0.3) is 0 Å². The third kappa shape index (κ3) is 4.32. The van der Waals surface area contributed by atoms with Crippen molar-refractivity contribution in [3.63, 3.8) is 0 Å². The van der Waals surface area contributed by atoms with E-state index in [-0.39, 0.29) is 23.8 Å². The van der Waals surface area contributed by atoms with Crippen LogP contribution < -0.4 is 5.32 Å². The number of hydrogen-bond acceptors (Lipinski definition) is 3. The highest BCUT2D eigenvalue weighted by molar-refractivity contribution is 6.00. The van der Waals surface area contributed by atoms with E-state index in [1.165, 1.54) is 0 Å². The van der Waals surface area contributed by atoms with Crippen LogP contribution in [0, 0.1) is 0 Å². The van der Waals surface area contributed by atoms with E-state index in [1.807, 2.05) is 44.2 Å². The fourth-order valence-electron chi connectivity index (χ4n) is 2.26. The van der Waals surface area contributed by atoms with Crippen molar-refractivity contribution in [2.24, 2.45) is 0 Å². The Morgan fingerprint density at radius 2 is 1.78 bits per heavy atom. The summed E-state index contributed by atoms with van der Waals surface area (Å²) in [5, 5.41) is 11.9. The van der Waals surface area contributed by atoms with Crippen LogP contribution in [0.3, 0.4) is 0 Å². The van der Waals surface area contributed by atoms with E-state index < -0.39 is 12.1 Å². The molecule has 0 saturated carbocycles. The van der Waals surface area contributed by atoms with Crippen LogP contribution in [0.15, 0.2) is 48.5 Å². The van der Waals surface area contributed by atoms with Gasteiger partial charge < -0.3 is 9.84 Å². The van der Waals surface area contributed by atoms with Gasteiger partial charge in [-0.3, -0.25) is 5.32 Å². The third-order valence-corrected chi connectivity index (χ3v) is 3.38. The van der Waals surface area contributed by atoms with Gasteiger partial charge in [-0.05, 0) is 23.1 Å². The van der Waals surface area contributed by atoms with Gasteiger partial charge in [-0.25, -0.2) is 9.59 Å². The van der Waals surface area contributed by atoms with E-state index >= 15 is 0 Å². The summed E-state index contributed by atoms with van der Waals surface area (Å²) < 4.78 is 5.12. The van der Waals surface area contributed by atoms with E-state index in [2.05, 4.69) is 5.32 Å². The lowest BCUT2D eigenvalue weighted by molar-refractivity contribution is 0.0696. The number of carbonyl (C=O) groups excluding carboxylic acids is 1. The molecule has 0 saturated heterocycles. The zero-order valence-corrected chi connectivity index (χ0v) is 13.1. The first kappa shape index (κ1) is 16.5. The highest BCUT2D eigenvalue weighted by atomic mass is 16.5. The van der Waals surface area contributed by atoms with Gasteiger partial charge in [-0.2, -0.15) is 0 Å². The second-order valence-corrected chi connectivity index (χ2v) is 5.42. The maximum atomic E-state index is 11.9.